The van der Waals surface area contributed by atoms with E-state index in [0.29, 0.717) is 11.3 Å². The summed E-state index contributed by atoms with van der Waals surface area (Å²) < 4.78 is 10.4. The highest BCUT2D eigenvalue weighted by Gasteiger charge is 2.03. The molecule has 4 heteroatoms. The lowest BCUT2D eigenvalue weighted by Gasteiger charge is -2.04. The van der Waals surface area contributed by atoms with Crippen molar-refractivity contribution < 1.29 is 19.1 Å². The minimum Gasteiger partial charge on any atom is -0.497 e. The first-order chi connectivity index (χ1) is 12.5. The maximum Gasteiger partial charge on any atom is 0.336 e. The van der Waals surface area contributed by atoms with Crippen LogP contribution in [-0.2, 0) is 4.79 Å². The molecule has 0 heterocycles. The van der Waals surface area contributed by atoms with Crippen molar-refractivity contribution in [3.63, 3.8) is 0 Å². The van der Waals surface area contributed by atoms with Gasteiger partial charge in [-0.3, -0.25) is 4.79 Å². The number of rotatable bonds is 5. The molecule has 0 aromatic heterocycles. The fraction of sp³-hybridized carbons (Fsp3) is 0.0909. The predicted molar refractivity (Wildman–Crippen MR) is 102 cm³/mol. The highest BCUT2D eigenvalue weighted by Crippen LogP contribution is 2.22. The van der Waals surface area contributed by atoms with Crippen LogP contribution < -0.4 is 9.47 Å². The van der Waals surface area contributed by atoms with Crippen LogP contribution in [0.15, 0.2) is 66.7 Å². The number of methoxy groups -OCH3 is 1. The van der Waals surface area contributed by atoms with Gasteiger partial charge in [0.05, 0.1) is 7.11 Å². The summed E-state index contributed by atoms with van der Waals surface area (Å²) in [7, 11) is 1.64. The number of carbonyl (C=O) groups is 2. The number of hydrogen-bond acceptors (Lipinski definition) is 4. The van der Waals surface area contributed by atoms with Crippen LogP contribution >= 0.6 is 0 Å². The molecule has 0 aliphatic carbocycles. The van der Waals surface area contributed by atoms with E-state index in [2.05, 4.69) is 0 Å². The minimum absolute atomic E-state index is 0.0308. The molecule has 26 heavy (non-hydrogen) atoms. The Morgan fingerprint density at radius 3 is 2.19 bits per heavy atom. The Morgan fingerprint density at radius 1 is 0.846 bits per heavy atom. The third kappa shape index (κ3) is 4.16. The predicted octanol–water partition coefficient (Wildman–Crippen LogP) is 4.67. The summed E-state index contributed by atoms with van der Waals surface area (Å²) >= 11 is 0. The number of ketones is 1. The smallest absolute Gasteiger partial charge is 0.336 e. The van der Waals surface area contributed by atoms with Gasteiger partial charge in [-0.15, -0.1) is 0 Å². The van der Waals surface area contributed by atoms with Gasteiger partial charge in [0.2, 0.25) is 0 Å². The van der Waals surface area contributed by atoms with Crippen LogP contribution in [0.25, 0.3) is 16.8 Å². The van der Waals surface area contributed by atoms with E-state index in [1.165, 1.54) is 13.0 Å². The average molecular weight is 346 g/mol. The Kier molecular flexibility index (Phi) is 5.13. The average Bonchev–Trinajstić information content (AvgIpc) is 2.66. The fourth-order valence-corrected chi connectivity index (χ4v) is 2.55. The molecular weight excluding hydrogens is 328 g/mol. The molecule has 4 nitrogen and oxygen atoms in total. The molecule has 0 amide bonds. The molecule has 0 spiro atoms. The number of carbonyl (C=O) groups excluding carboxylic acids is 2. The third-order valence-corrected chi connectivity index (χ3v) is 3.96. The standard InChI is InChI=1S/C22H18O4/c1-15(23)17-6-9-20(10-7-17)26-22(24)12-4-16-3-5-19-14-21(25-2)11-8-18(19)13-16/h3-14H,1-2H3/b12-4+. The van der Waals surface area contributed by atoms with Crippen LogP contribution in [0, 0.1) is 0 Å². The molecule has 3 aromatic rings. The molecule has 0 saturated heterocycles. The van der Waals surface area contributed by atoms with E-state index in [1.807, 2.05) is 36.4 Å². The molecule has 130 valence electrons. The molecule has 3 aromatic carbocycles. The van der Waals surface area contributed by atoms with E-state index in [1.54, 1.807) is 37.5 Å². The normalized spacial score (nSPS) is 10.8. The van der Waals surface area contributed by atoms with E-state index < -0.39 is 5.97 Å². The van der Waals surface area contributed by atoms with Crippen LogP contribution in [0.4, 0.5) is 0 Å². The van der Waals surface area contributed by atoms with Crippen molar-refractivity contribution in [2.45, 2.75) is 6.92 Å². The first kappa shape index (κ1) is 17.4. The lowest BCUT2D eigenvalue weighted by atomic mass is 10.1. The number of hydrogen-bond donors (Lipinski definition) is 0. The molecule has 0 N–H and O–H groups in total. The molecule has 0 aliphatic heterocycles. The summed E-state index contributed by atoms with van der Waals surface area (Å²) in [4.78, 5) is 23.2. The zero-order valence-corrected chi connectivity index (χ0v) is 14.6. The van der Waals surface area contributed by atoms with E-state index in [9.17, 15) is 9.59 Å². The fourth-order valence-electron chi connectivity index (χ4n) is 2.55. The van der Waals surface area contributed by atoms with Crippen LogP contribution in [0.5, 0.6) is 11.5 Å². The number of fused-ring (bicyclic) bond motifs is 1. The number of ether oxygens (including phenoxy) is 2. The van der Waals surface area contributed by atoms with Crippen molar-refractivity contribution in [1.82, 2.24) is 0 Å². The van der Waals surface area contributed by atoms with Crippen LogP contribution in [0.1, 0.15) is 22.8 Å². The molecule has 0 atom stereocenters. The largest absolute Gasteiger partial charge is 0.497 e. The Morgan fingerprint density at radius 2 is 1.50 bits per heavy atom. The highest BCUT2D eigenvalue weighted by atomic mass is 16.5. The second-order valence-corrected chi connectivity index (χ2v) is 5.81. The number of esters is 1. The molecule has 0 aliphatic rings. The summed E-state index contributed by atoms with van der Waals surface area (Å²) in [5.41, 5.74) is 1.47. The van der Waals surface area contributed by atoms with Crippen LogP contribution in [-0.4, -0.2) is 18.9 Å². The van der Waals surface area contributed by atoms with E-state index >= 15 is 0 Å². The zero-order valence-electron chi connectivity index (χ0n) is 14.6. The van der Waals surface area contributed by atoms with Gasteiger partial charge in [0, 0.05) is 11.6 Å². The minimum atomic E-state index is -0.476. The lowest BCUT2D eigenvalue weighted by Crippen LogP contribution is -2.03. The van der Waals surface area contributed by atoms with Crippen LogP contribution in [0.3, 0.4) is 0 Å². The Hall–Kier alpha value is -3.40. The highest BCUT2D eigenvalue weighted by molar-refractivity contribution is 5.94. The van der Waals surface area contributed by atoms with Gasteiger partial charge in [-0.1, -0.05) is 18.2 Å². The van der Waals surface area contributed by atoms with Gasteiger partial charge in [0.25, 0.3) is 0 Å². The SMILES string of the molecule is COc1ccc2cc(/C=C/C(=O)Oc3ccc(C(C)=O)cc3)ccc2c1. The second kappa shape index (κ2) is 7.66. The summed E-state index contributed by atoms with van der Waals surface area (Å²) in [5.74, 6) is 0.697. The number of Topliss-reactive ketones (excluding diaryl/α,β-unsaturated/α-hetero) is 1. The first-order valence-corrected chi connectivity index (χ1v) is 8.14. The second-order valence-electron chi connectivity index (χ2n) is 5.81. The topological polar surface area (TPSA) is 52.6 Å². The molecule has 0 fully saturated rings. The van der Waals surface area contributed by atoms with Crippen molar-refractivity contribution in [1.29, 1.82) is 0 Å². The van der Waals surface area contributed by atoms with E-state index in [0.717, 1.165) is 22.1 Å². The number of benzene rings is 3. The summed E-state index contributed by atoms with van der Waals surface area (Å²) in [6.45, 7) is 1.49. The Labute approximate surface area is 151 Å². The lowest BCUT2D eigenvalue weighted by molar-refractivity contribution is -0.128. The quantitative estimate of drug-likeness (QED) is 0.292. The summed E-state index contributed by atoms with van der Waals surface area (Å²) in [6, 6.07) is 18.2. The Bertz CT molecular complexity index is 985. The van der Waals surface area contributed by atoms with Gasteiger partial charge in [-0.2, -0.15) is 0 Å². The molecule has 0 saturated carbocycles. The van der Waals surface area contributed by atoms with Crippen LogP contribution in [0.2, 0.25) is 0 Å². The van der Waals surface area contributed by atoms with Crippen molar-refractivity contribution in [2.24, 2.45) is 0 Å². The van der Waals surface area contributed by atoms with Gasteiger partial charge in [0.1, 0.15) is 11.5 Å². The van der Waals surface area contributed by atoms with Crippen molar-refractivity contribution in [3.05, 3.63) is 77.9 Å². The van der Waals surface area contributed by atoms with Gasteiger partial charge in [-0.25, -0.2) is 4.79 Å². The summed E-state index contributed by atoms with van der Waals surface area (Å²) in [6.07, 6.45) is 3.08. The van der Waals surface area contributed by atoms with Gasteiger partial charge in [-0.05, 0) is 71.8 Å². The van der Waals surface area contributed by atoms with Crippen molar-refractivity contribution in [3.8, 4) is 11.5 Å². The maximum atomic E-state index is 12.0. The Balaban J connectivity index is 1.69. The molecular formula is C22H18O4. The third-order valence-electron chi connectivity index (χ3n) is 3.96. The molecule has 0 bridgehead atoms. The first-order valence-electron chi connectivity index (χ1n) is 8.14. The molecule has 0 radical (unpaired) electrons. The van der Waals surface area contributed by atoms with E-state index in [-0.39, 0.29) is 5.78 Å². The van der Waals surface area contributed by atoms with Gasteiger partial charge >= 0.3 is 5.97 Å². The molecule has 0 unspecified atom stereocenters. The maximum absolute atomic E-state index is 12.0. The monoisotopic (exact) mass is 346 g/mol. The van der Waals surface area contributed by atoms with Crippen molar-refractivity contribution >= 4 is 28.6 Å². The van der Waals surface area contributed by atoms with Crippen molar-refractivity contribution in [2.75, 3.05) is 7.11 Å². The molecule has 3 rings (SSSR count). The van der Waals surface area contributed by atoms with Gasteiger partial charge in [0.15, 0.2) is 5.78 Å². The van der Waals surface area contributed by atoms with E-state index in [4.69, 9.17) is 9.47 Å². The zero-order chi connectivity index (χ0) is 18.5. The summed E-state index contributed by atoms with van der Waals surface area (Å²) in [5, 5.41) is 2.12. The van der Waals surface area contributed by atoms with Gasteiger partial charge < -0.3 is 9.47 Å².